The Balaban J connectivity index is 2.18. The standard InChI is InChI=1S/C19H17Cl2F3N2/c20-15-8-7-11(10-14(15)19(22,23)24)17-12(4-1-2-9-25)13-5-3-6-16(21)18(13)26-17/h3,5-8,10,26H,1-2,4,9,25H2. The van der Waals surface area contributed by atoms with Crippen molar-refractivity contribution in [3.63, 3.8) is 0 Å². The molecule has 0 radical (unpaired) electrons. The number of rotatable bonds is 5. The number of aryl methyl sites for hydroxylation is 1. The molecule has 0 fully saturated rings. The average molecular weight is 401 g/mol. The molecule has 0 unspecified atom stereocenters. The number of hydrogen-bond acceptors (Lipinski definition) is 1. The molecule has 2 nitrogen and oxygen atoms in total. The van der Waals surface area contributed by atoms with E-state index in [1.165, 1.54) is 6.07 Å². The van der Waals surface area contributed by atoms with E-state index in [9.17, 15) is 13.2 Å². The first-order valence-electron chi connectivity index (χ1n) is 8.19. The van der Waals surface area contributed by atoms with E-state index in [0.717, 1.165) is 35.4 Å². The Morgan fingerprint density at radius 1 is 1.00 bits per heavy atom. The highest BCUT2D eigenvalue weighted by Gasteiger charge is 2.33. The second kappa shape index (κ2) is 7.51. The molecule has 0 aliphatic carbocycles. The zero-order valence-electron chi connectivity index (χ0n) is 13.8. The summed E-state index contributed by atoms with van der Waals surface area (Å²) < 4.78 is 39.7. The second-order valence-corrected chi connectivity index (χ2v) is 6.89. The number of para-hydroxylation sites is 1. The third-order valence-corrected chi connectivity index (χ3v) is 4.98. The number of unbranched alkanes of at least 4 members (excludes halogenated alkanes) is 1. The quantitative estimate of drug-likeness (QED) is 0.475. The monoisotopic (exact) mass is 400 g/mol. The first-order valence-corrected chi connectivity index (χ1v) is 8.94. The highest BCUT2D eigenvalue weighted by molar-refractivity contribution is 6.35. The van der Waals surface area contributed by atoms with Gasteiger partial charge in [-0.15, -0.1) is 0 Å². The van der Waals surface area contributed by atoms with Crippen molar-refractivity contribution in [1.29, 1.82) is 0 Å². The summed E-state index contributed by atoms with van der Waals surface area (Å²) in [5.41, 5.74) is 7.43. The van der Waals surface area contributed by atoms with E-state index in [1.54, 1.807) is 12.1 Å². The number of fused-ring (bicyclic) bond motifs is 1. The molecule has 0 aliphatic heterocycles. The summed E-state index contributed by atoms with van der Waals surface area (Å²) in [6, 6.07) is 9.43. The van der Waals surface area contributed by atoms with E-state index in [-0.39, 0.29) is 5.02 Å². The number of aromatic amines is 1. The number of alkyl halides is 3. The lowest BCUT2D eigenvalue weighted by Gasteiger charge is -2.12. The van der Waals surface area contributed by atoms with Gasteiger partial charge in [0.05, 0.1) is 21.1 Å². The maximum atomic E-state index is 13.2. The third-order valence-electron chi connectivity index (χ3n) is 4.33. The molecule has 0 saturated carbocycles. The van der Waals surface area contributed by atoms with Gasteiger partial charge < -0.3 is 10.7 Å². The smallest absolute Gasteiger partial charge is 0.353 e. The molecule has 3 rings (SSSR count). The van der Waals surface area contributed by atoms with Crippen LogP contribution in [-0.2, 0) is 12.6 Å². The Morgan fingerprint density at radius 2 is 1.77 bits per heavy atom. The lowest BCUT2D eigenvalue weighted by atomic mass is 9.99. The highest BCUT2D eigenvalue weighted by atomic mass is 35.5. The largest absolute Gasteiger partial charge is 0.417 e. The van der Waals surface area contributed by atoms with Crippen LogP contribution in [0.25, 0.3) is 22.2 Å². The number of hydrogen-bond donors (Lipinski definition) is 2. The third kappa shape index (κ3) is 3.70. The van der Waals surface area contributed by atoms with Crippen molar-refractivity contribution in [2.75, 3.05) is 6.54 Å². The van der Waals surface area contributed by atoms with Crippen LogP contribution in [0.15, 0.2) is 36.4 Å². The molecule has 26 heavy (non-hydrogen) atoms. The molecule has 0 amide bonds. The van der Waals surface area contributed by atoms with Gasteiger partial charge in [-0.05, 0) is 55.1 Å². The van der Waals surface area contributed by atoms with E-state index in [4.69, 9.17) is 28.9 Å². The number of aromatic nitrogens is 1. The molecule has 1 heterocycles. The van der Waals surface area contributed by atoms with E-state index < -0.39 is 11.7 Å². The minimum Gasteiger partial charge on any atom is -0.353 e. The van der Waals surface area contributed by atoms with Gasteiger partial charge in [0, 0.05) is 11.1 Å². The van der Waals surface area contributed by atoms with Gasteiger partial charge in [-0.1, -0.05) is 41.4 Å². The Hall–Kier alpha value is -1.69. The summed E-state index contributed by atoms with van der Waals surface area (Å²) in [6.45, 7) is 0.567. The first kappa shape index (κ1) is 19.1. The number of nitrogens with one attached hydrogen (secondary N) is 1. The predicted octanol–water partition coefficient (Wildman–Crippen LogP) is 6.44. The molecule has 0 bridgehead atoms. The lowest BCUT2D eigenvalue weighted by molar-refractivity contribution is -0.137. The van der Waals surface area contributed by atoms with Crippen LogP contribution in [0.3, 0.4) is 0 Å². The number of halogens is 5. The summed E-state index contributed by atoms with van der Waals surface area (Å²) in [4.78, 5) is 3.20. The predicted molar refractivity (Wildman–Crippen MR) is 101 cm³/mol. The van der Waals surface area contributed by atoms with E-state index in [1.807, 2.05) is 12.1 Å². The Labute approximate surface area is 159 Å². The van der Waals surface area contributed by atoms with E-state index >= 15 is 0 Å². The van der Waals surface area contributed by atoms with Crippen molar-refractivity contribution >= 4 is 34.1 Å². The van der Waals surface area contributed by atoms with Crippen molar-refractivity contribution in [2.45, 2.75) is 25.4 Å². The maximum Gasteiger partial charge on any atom is 0.417 e. The summed E-state index contributed by atoms with van der Waals surface area (Å²) in [7, 11) is 0. The van der Waals surface area contributed by atoms with Gasteiger partial charge in [-0.2, -0.15) is 13.2 Å². The normalized spacial score (nSPS) is 12.1. The van der Waals surface area contributed by atoms with E-state index in [2.05, 4.69) is 4.98 Å². The molecule has 3 aromatic rings. The van der Waals surface area contributed by atoms with Gasteiger partial charge in [0.25, 0.3) is 0 Å². The van der Waals surface area contributed by atoms with Crippen molar-refractivity contribution in [3.05, 3.63) is 57.6 Å². The Bertz CT molecular complexity index is 932. The second-order valence-electron chi connectivity index (χ2n) is 6.08. The number of H-pyrrole nitrogens is 1. The van der Waals surface area contributed by atoms with Gasteiger partial charge in [0.15, 0.2) is 0 Å². The van der Waals surface area contributed by atoms with Crippen molar-refractivity contribution in [1.82, 2.24) is 4.98 Å². The zero-order chi connectivity index (χ0) is 18.9. The lowest BCUT2D eigenvalue weighted by Crippen LogP contribution is -2.06. The van der Waals surface area contributed by atoms with Gasteiger partial charge >= 0.3 is 6.18 Å². The fraction of sp³-hybridized carbons (Fsp3) is 0.263. The molecule has 0 aliphatic rings. The molecule has 1 aromatic heterocycles. The Morgan fingerprint density at radius 3 is 2.46 bits per heavy atom. The van der Waals surface area contributed by atoms with Crippen LogP contribution in [0.2, 0.25) is 10.0 Å². The average Bonchev–Trinajstić information content (AvgIpc) is 2.95. The summed E-state index contributed by atoms with van der Waals surface area (Å²) in [6.07, 6.45) is -2.16. The van der Waals surface area contributed by atoms with Crippen LogP contribution < -0.4 is 5.73 Å². The van der Waals surface area contributed by atoms with Crippen LogP contribution in [0.4, 0.5) is 13.2 Å². The number of benzene rings is 2. The van der Waals surface area contributed by atoms with Crippen LogP contribution in [0.5, 0.6) is 0 Å². The fourth-order valence-electron chi connectivity index (χ4n) is 3.09. The summed E-state index contributed by atoms with van der Waals surface area (Å²) in [5, 5.41) is 1.12. The van der Waals surface area contributed by atoms with Crippen molar-refractivity contribution in [2.24, 2.45) is 5.73 Å². The molecular weight excluding hydrogens is 384 g/mol. The minimum atomic E-state index is -4.52. The molecule has 3 N–H and O–H groups in total. The van der Waals surface area contributed by atoms with Crippen molar-refractivity contribution in [3.8, 4) is 11.3 Å². The molecule has 7 heteroatoms. The number of nitrogens with two attached hydrogens (primary N) is 1. The zero-order valence-corrected chi connectivity index (χ0v) is 15.3. The molecule has 0 spiro atoms. The van der Waals surface area contributed by atoms with Gasteiger partial charge in [0.2, 0.25) is 0 Å². The summed E-state index contributed by atoms with van der Waals surface area (Å²) in [5.74, 6) is 0. The van der Waals surface area contributed by atoms with E-state index in [0.29, 0.717) is 29.2 Å². The van der Waals surface area contributed by atoms with Crippen LogP contribution >= 0.6 is 23.2 Å². The first-order chi connectivity index (χ1) is 12.3. The molecule has 0 atom stereocenters. The SMILES string of the molecule is NCCCCc1c(-c2ccc(Cl)c(C(F)(F)F)c2)[nH]c2c(Cl)cccc12. The highest BCUT2D eigenvalue weighted by Crippen LogP contribution is 2.40. The molecule has 138 valence electrons. The Kier molecular flexibility index (Phi) is 5.51. The van der Waals surface area contributed by atoms with Gasteiger partial charge in [-0.25, -0.2) is 0 Å². The van der Waals surface area contributed by atoms with Crippen LogP contribution in [0, 0.1) is 0 Å². The fourth-order valence-corrected chi connectivity index (χ4v) is 3.53. The topological polar surface area (TPSA) is 41.8 Å². The van der Waals surface area contributed by atoms with Crippen molar-refractivity contribution < 1.29 is 13.2 Å². The molecule has 2 aromatic carbocycles. The van der Waals surface area contributed by atoms with Crippen LogP contribution in [0.1, 0.15) is 24.0 Å². The van der Waals surface area contributed by atoms with Crippen LogP contribution in [-0.4, -0.2) is 11.5 Å². The summed E-state index contributed by atoms with van der Waals surface area (Å²) >= 11 is 12.0. The van der Waals surface area contributed by atoms with Gasteiger partial charge in [-0.3, -0.25) is 0 Å². The maximum absolute atomic E-state index is 13.2. The minimum absolute atomic E-state index is 0.319. The molecular formula is C19H17Cl2F3N2. The van der Waals surface area contributed by atoms with Gasteiger partial charge in [0.1, 0.15) is 0 Å². The molecule has 0 saturated heterocycles.